The van der Waals surface area contributed by atoms with Crippen molar-refractivity contribution in [1.29, 1.82) is 0 Å². The van der Waals surface area contributed by atoms with E-state index in [1.165, 1.54) is 5.56 Å². The summed E-state index contributed by atoms with van der Waals surface area (Å²) in [5.74, 6) is 1.67. The molecule has 1 rings (SSSR count). The van der Waals surface area contributed by atoms with Gasteiger partial charge in [0.15, 0.2) is 0 Å². The Bertz CT molecular complexity index is 395. The first-order valence-corrected chi connectivity index (χ1v) is 7.14. The molecule has 0 aliphatic heterocycles. The van der Waals surface area contributed by atoms with Crippen LogP contribution in [-0.4, -0.2) is 34.0 Å². The maximum Gasteiger partial charge on any atom is 0.127 e. The molecular weight excluding hydrogens is 254 g/mol. The van der Waals surface area contributed by atoms with Gasteiger partial charge in [0, 0.05) is 24.8 Å². The summed E-state index contributed by atoms with van der Waals surface area (Å²) < 4.78 is 16.1. The third-order valence-electron chi connectivity index (χ3n) is 3.53. The van der Waals surface area contributed by atoms with Gasteiger partial charge in [-0.3, -0.25) is 0 Å². The van der Waals surface area contributed by atoms with E-state index in [0.717, 1.165) is 30.9 Å². The lowest BCUT2D eigenvalue weighted by Crippen LogP contribution is -2.23. The predicted molar refractivity (Wildman–Crippen MR) is 81.7 cm³/mol. The molecule has 0 aliphatic carbocycles. The van der Waals surface area contributed by atoms with Crippen LogP contribution in [0.15, 0.2) is 18.2 Å². The minimum atomic E-state index is 0.262. The molecule has 0 fully saturated rings. The van der Waals surface area contributed by atoms with Crippen LogP contribution in [0.1, 0.15) is 38.3 Å². The Labute approximate surface area is 122 Å². The summed E-state index contributed by atoms with van der Waals surface area (Å²) in [6, 6.07) is 6.24. The van der Waals surface area contributed by atoms with Crippen molar-refractivity contribution in [1.82, 2.24) is 5.32 Å². The van der Waals surface area contributed by atoms with Crippen LogP contribution in [0.5, 0.6) is 11.5 Å². The third-order valence-corrected chi connectivity index (χ3v) is 3.53. The van der Waals surface area contributed by atoms with Gasteiger partial charge in [-0.15, -0.1) is 0 Å². The van der Waals surface area contributed by atoms with Crippen molar-refractivity contribution in [3.05, 3.63) is 23.8 Å². The number of rotatable bonds is 9. The molecule has 1 aromatic rings. The van der Waals surface area contributed by atoms with E-state index in [2.05, 4.69) is 25.2 Å². The quantitative estimate of drug-likeness (QED) is 0.754. The van der Waals surface area contributed by atoms with Crippen LogP contribution in [0.4, 0.5) is 0 Å². The number of nitrogens with one attached hydrogen (secondary N) is 1. The molecular formula is C16H27NO3. The molecule has 1 N–H and O–H groups in total. The van der Waals surface area contributed by atoms with Gasteiger partial charge in [-0.05, 0) is 32.4 Å². The molecule has 0 saturated heterocycles. The second-order valence-electron chi connectivity index (χ2n) is 4.84. The molecule has 4 nitrogen and oxygen atoms in total. The fourth-order valence-electron chi connectivity index (χ4n) is 2.24. The first kappa shape index (κ1) is 16.8. The highest BCUT2D eigenvalue weighted by atomic mass is 16.5. The standard InChI is InChI=1S/C16H27NO3/c1-6-17-15(10-7-12(2)18-3)14-9-8-13(19-4)11-16(14)20-5/h8-9,11-12,15,17H,6-7,10H2,1-5H3. The first-order valence-electron chi connectivity index (χ1n) is 7.14. The second-order valence-corrected chi connectivity index (χ2v) is 4.84. The zero-order valence-corrected chi connectivity index (χ0v) is 13.2. The molecule has 0 saturated carbocycles. The lowest BCUT2D eigenvalue weighted by atomic mass is 9.99. The van der Waals surface area contributed by atoms with Crippen LogP contribution in [0.25, 0.3) is 0 Å². The number of benzene rings is 1. The van der Waals surface area contributed by atoms with Crippen LogP contribution in [0.3, 0.4) is 0 Å². The molecule has 114 valence electrons. The molecule has 0 bridgehead atoms. The van der Waals surface area contributed by atoms with Gasteiger partial charge in [0.25, 0.3) is 0 Å². The van der Waals surface area contributed by atoms with Crippen LogP contribution in [-0.2, 0) is 4.74 Å². The first-order chi connectivity index (χ1) is 9.65. The molecule has 2 unspecified atom stereocenters. The van der Waals surface area contributed by atoms with E-state index in [0.29, 0.717) is 0 Å². The third kappa shape index (κ3) is 4.69. The van der Waals surface area contributed by atoms with Gasteiger partial charge in [-0.1, -0.05) is 13.0 Å². The number of ether oxygens (including phenoxy) is 3. The fraction of sp³-hybridized carbons (Fsp3) is 0.625. The van der Waals surface area contributed by atoms with E-state index >= 15 is 0 Å². The zero-order valence-electron chi connectivity index (χ0n) is 13.2. The van der Waals surface area contributed by atoms with Gasteiger partial charge in [0.1, 0.15) is 11.5 Å². The Morgan fingerprint density at radius 2 is 1.85 bits per heavy atom. The van der Waals surface area contributed by atoms with E-state index < -0.39 is 0 Å². The highest BCUT2D eigenvalue weighted by Gasteiger charge is 2.17. The van der Waals surface area contributed by atoms with Crippen molar-refractivity contribution in [2.75, 3.05) is 27.9 Å². The van der Waals surface area contributed by atoms with Crippen molar-refractivity contribution in [2.45, 2.75) is 38.8 Å². The number of hydrogen-bond acceptors (Lipinski definition) is 4. The van der Waals surface area contributed by atoms with Gasteiger partial charge >= 0.3 is 0 Å². The molecule has 0 heterocycles. The van der Waals surface area contributed by atoms with Gasteiger partial charge in [0.2, 0.25) is 0 Å². The Morgan fingerprint density at radius 1 is 1.10 bits per heavy atom. The Hall–Kier alpha value is -1.26. The van der Waals surface area contributed by atoms with E-state index in [9.17, 15) is 0 Å². The van der Waals surface area contributed by atoms with Gasteiger partial charge in [0.05, 0.1) is 20.3 Å². The van der Waals surface area contributed by atoms with Crippen molar-refractivity contribution in [3.8, 4) is 11.5 Å². The smallest absolute Gasteiger partial charge is 0.127 e. The topological polar surface area (TPSA) is 39.7 Å². The van der Waals surface area contributed by atoms with Crippen molar-refractivity contribution >= 4 is 0 Å². The van der Waals surface area contributed by atoms with Crippen LogP contribution in [0.2, 0.25) is 0 Å². The number of methoxy groups -OCH3 is 3. The largest absolute Gasteiger partial charge is 0.497 e. The highest BCUT2D eigenvalue weighted by molar-refractivity contribution is 5.42. The van der Waals surface area contributed by atoms with E-state index in [4.69, 9.17) is 14.2 Å². The maximum atomic E-state index is 5.50. The molecule has 0 aliphatic rings. The summed E-state index contributed by atoms with van der Waals surface area (Å²) in [7, 11) is 5.11. The lowest BCUT2D eigenvalue weighted by Gasteiger charge is -2.22. The van der Waals surface area contributed by atoms with Gasteiger partial charge < -0.3 is 19.5 Å². The summed E-state index contributed by atoms with van der Waals surface area (Å²) in [6.45, 7) is 5.12. The molecule has 4 heteroatoms. The average Bonchev–Trinajstić information content (AvgIpc) is 2.50. The fourth-order valence-corrected chi connectivity index (χ4v) is 2.24. The molecule has 0 amide bonds. The lowest BCUT2D eigenvalue weighted by molar-refractivity contribution is 0.106. The molecule has 2 atom stereocenters. The zero-order chi connectivity index (χ0) is 15.0. The minimum absolute atomic E-state index is 0.262. The summed E-state index contributed by atoms with van der Waals surface area (Å²) in [6.07, 6.45) is 2.27. The minimum Gasteiger partial charge on any atom is -0.497 e. The maximum absolute atomic E-state index is 5.50. The number of hydrogen-bond donors (Lipinski definition) is 1. The molecule has 0 radical (unpaired) electrons. The monoisotopic (exact) mass is 281 g/mol. The van der Waals surface area contributed by atoms with Crippen LogP contribution in [0, 0.1) is 0 Å². The molecule has 20 heavy (non-hydrogen) atoms. The summed E-state index contributed by atoms with van der Waals surface area (Å²) in [4.78, 5) is 0. The average molecular weight is 281 g/mol. The highest BCUT2D eigenvalue weighted by Crippen LogP contribution is 2.32. The Kier molecular flexibility index (Phi) is 7.41. The van der Waals surface area contributed by atoms with Crippen molar-refractivity contribution < 1.29 is 14.2 Å². The summed E-state index contributed by atoms with van der Waals surface area (Å²) in [5.41, 5.74) is 1.17. The van der Waals surface area contributed by atoms with E-state index in [1.54, 1.807) is 21.3 Å². The second kappa shape index (κ2) is 8.82. The predicted octanol–water partition coefficient (Wildman–Crippen LogP) is 3.17. The Morgan fingerprint density at radius 3 is 2.40 bits per heavy atom. The molecule has 0 aromatic heterocycles. The normalized spacial score (nSPS) is 13.8. The molecule has 0 spiro atoms. The summed E-state index contributed by atoms with van der Waals surface area (Å²) >= 11 is 0. The van der Waals surface area contributed by atoms with Crippen LogP contribution >= 0.6 is 0 Å². The Balaban J connectivity index is 2.89. The molecule has 1 aromatic carbocycles. The van der Waals surface area contributed by atoms with Crippen LogP contribution < -0.4 is 14.8 Å². The van der Waals surface area contributed by atoms with E-state index in [1.807, 2.05) is 12.1 Å². The van der Waals surface area contributed by atoms with E-state index in [-0.39, 0.29) is 12.1 Å². The summed E-state index contributed by atoms with van der Waals surface area (Å²) in [5, 5.41) is 3.51. The SMILES string of the molecule is CCNC(CCC(C)OC)c1ccc(OC)cc1OC. The van der Waals surface area contributed by atoms with Crippen molar-refractivity contribution in [2.24, 2.45) is 0 Å². The van der Waals surface area contributed by atoms with Crippen molar-refractivity contribution in [3.63, 3.8) is 0 Å². The van der Waals surface area contributed by atoms with Gasteiger partial charge in [-0.25, -0.2) is 0 Å². The van der Waals surface area contributed by atoms with Gasteiger partial charge in [-0.2, -0.15) is 0 Å².